The Kier molecular flexibility index (Phi) is 5.81. The minimum absolute atomic E-state index is 0.122. The van der Waals surface area contributed by atoms with Gasteiger partial charge < -0.3 is 5.32 Å². The third-order valence-electron chi connectivity index (χ3n) is 6.28. The molecule has 25 heavy (non-hydrogen) atoms. The van der Waals surface area contributed by atoms with Gasteiger partial charge in [0.15, 0.2) is 0 Å². The molecule has 0 spiro atoms. The molecule has 1 aliphatic carbocycles. The maximum atomic E-state index is 3.34. The molecule has 1 aromatic carbocycles. The summed E-state index contributed by atoms with van der Waals surface area (Å²) in [5.41, 5.74) is 3.03. The maximum Gasteiger partial charge on any atom is 0.0401 e. The van der Waals surface area contributed by atoms with Gasteiger partial charge in [-0.1, -0.05) is 55.5 Å². The fraction of sp³-hybridized carbons (Fsp3) is 0.565. The number of rotatable bonds is 5. The highest BCUT2D eigenvalue weighted by Crippen LogP contribution is 2.37. The van der Waals surface area contributed by atoms with Crippen LogP contribution < -0.4 is 5.32 Å². The van der Waals surface area contributed by atoms with E-state index in [9.17, 15) is 0 Å². The summed E-state index contributed by atoms with van der Waals surface area (Å²) in [6.45, 7) is 10.7. The van der Waals surface area contributed by atoms with Crippen LogP contribution in [0.3, 0.4) is 0 Å². The average molecular weight is 339 g/mol. The molecule has 2 nitrogen and oxygen atoms in total. The van der Waals surface area contributed by atoms with Gasteiger partial charge >= 0.3 is 0 Å². The van der Waals surface area contributed by atoms with Crippen LogP contribution in [0.5, 0.6) is 0 Å². The van der Waals surface area contributed by atoms with Gasteiger partial charge in [-0.3, -0.25) is 4.90 Å². The van der Waals surface area contributed by atoms with E-state index in [4.69, 9.17) is 0 Å². The molecule has 2 unspecified atom stereocenters. The molecule has 1 aliphatic heterocycles. The Labute approximate surface area is 154 Å². The summed E-state index contributed by atoms with van der Waals surface area (Å²) >= 11 is 0. The van der Waals surface area contributed by atoms with Crippen LogP contribution >= 0.6 is 0 Å². The van der Waals surface area contributed by atoms with Crippen LogP contribution in [0.25, 0.3) is 0 Å². The highest BCUT2D eigenvalue weighted by Gasteiger charge is 2.34. The minimum atomic E-state index is 0.122. The lowest BCUT2D eigenvalue weighted by atomic mass is 9.77. The van der Waals surface area contributed by atoms with Gasteiger partial charge in [0.1, 0.15) is 0 Å². The van der Waals surface area contributed by atoms with E-state index in [2.05, 4.69) is 86.6 Å². The Hall–Kier alpha value is -1.38. The number of benzene rings is 1. The molecule has 1 saturated heterocycles. The van der Waals surface area contributed by atoms with E-state index in [1.807, 2.05) is 0 Å². The van der Waals surface area contributed by atoms with Crippen LogP contribution in [0.15, 0.2) is 54.1 Å². The molecule has 1 fully saturated rings. The molecule has 0 bridgehead atoms. The zero-order chi connectivity index (χ0) is 17.9. The second-order valence-electron chi connectivity index (χ2n) is 8.32. The quantitative estimate of drug-likeness (QED) is 0.843. The first kappa shape index (κ1) is 18.4. The minimum Gasteiger partial charge on any atom is -0.319 e. The molecule has 0 aromatic heterocycles. The van der Waals surface area contributed by atoms with E-state index >= 15 is 0 Å². The van der Waals surface area contributed by atoms with Gasteiger partial charge in [0, 0.05) is 11.5 Å². The molecule has 0 saturated carbocycles. The Morgan fingerprint density at radius 2 is 1.80 bits per heavy atom. The number of hydrogen-bond acceptors (Lipinski definition) is 2. The van der Waals surface area contributed by atoms with Gasteiger partial charge in [0.05, 0.1) is 0 Å². The van der Waals surface area contributed by atoms with Gasteiger partial charge in [-0.2, -0.15) is 0 Å². The van der Waals surface area contributed by atoms with Crippen molar-refractivity contribution in [3.8, 4) is 0 Å². The SMILES string of the molecule is CNCC1CCN(C(C)(C)C2=CC(C)C(c3ccccc3)C=C2)CC1. The first-order valence-corrected chi connectivity index (χ1v) is 9.87. The summed E-state index contributed by atoms with van der Waals surface area (Å²) < 4.78 is 0. The van der Waals surface area contributed by atoms with Crippen molar-refractivity contribution in [2.24, 2.45) is 11.8 Å². The van der Waals surface area contributed by atoms with Crippen molar-refractivity contribution >= 4 is 0 Å². The molecule has 0 amide bonds. The van der Waals surface area contributed by atoms with Gasteiger partial charge in [-0.15, -0.1) is 0 Å². The van der Waals surface area contributed by atoms with Gasteiger partial charge in [0.2, 0.25) is 0 Å². The molecule has 0 radical (unpaired) electrons. The highest BCUT2D eigenvalue weighted by atomic mass is 15.2. The third kappa shape index (κ3) is 4.07. The van der Waals surface area contributed by atoms with Crippen molar-refractivity contribution < 1.29 is 0 Å². The smallest absolute Gasteiger partial charge is 0.0401 e. The lowest BCUT2D eigenvalue weighted by Gasteiger charge is -2.45. The van der Waals surface area contributed by atoms with Crippen molar-refractivity contribution in [2.45, 2.75) is 45.1 Å². The van der Waals surface area contributed by atoms with E-state index in [-0.39, 0.29) is 5.54 Å². The first-order chi connectivity index (χ1) is 12.0. The van der Waals surface area contributed by atoms with Crippen LogP contribution in [-0.2, 0) is 0 Å². The number of piperidine rings is 1. The van der Waals surface area contributed by atoms with Crippen molar-refractivity contribution in [1.29, 1.82) is 0 Å². The Balaban J connectivity index is 1.68. The maximum absolute atomic E-state index is 3.34. The van der Waals surface area contributed by atoms with Crippen molar-refractivity contribution in [3.63, 3.8) is 0 Å². The lowest BCUT2D eigenvalue weighted by Crippen LogP contribution is -2.50. The fourth-order valence-electron chi connectivity index (χ4n) is 4.49. The van der Waals surface area contributed by atoms with Crippen LogP contribution in [0.4, 0.5) is 0 Å². The van der Waals surface area contributed by atoms with Crippen LogP contribution in [0, 0.1) is 11.8 Å². The first-order valence-electron chi connectivity index (χ1n) is 9.87. The molecular formula is C23H34N2. The van der Waals surface area contributed by atoms with Crippen molar-refractivity contribution in [1.82, 2.24) is 10.2 Å². The standard InChI is InChI=1S/C23H34N2/c1-18-16-21(10-11-22(18)20-8-6-5-7-9-20)23(2,3)25-14-12-19(13-15-25)17-24-4/h5-11,16,18-19,22,24H,12-15,17H2,1-4H3. The Bertz CT molecular complexity index is 606. The average Bonchev–Trinajstić information content (AvgIpc) is 2.63. The topological polar surface area (TPSA) is 15.3 Å². The van der Waals surface area contributed by atoms with Gasteiger partial charge in [-0.25, -0.2) is 0 Å². The second-order valence-corrected chi connectivity index (χ2v) is 8.32. The largest absolute Gasteiger partial charge is 0.319 e. The van der Waals surface area contributed by atoms with E-state index in [0.29, 0.717) is 11.8 Å². The van der Waals surface area contributed by atoms with E-state index in [1.54, 1.807) is 0 Å². The molecule has 3 rings (SSSR count). The number of nitrogens with zero attached hydrogens (tertiary/aromatic N) is 1. The number of hydrogen-bond donors (Lipinski definition) is 1. The fourth-order valence-corrected chi connectivity index (χ4v) is 4.49. The molecular weight excluding hydrogens is 304 g/mol. The summed E-state index contributed by atoms with van der Waals surface area (Å²) in [5, 5.41) is 3.34. The lowest BCUT2D eigenvalue weighted by molar-refractivity contribution is 0.100. The van der Waals surface area contributed by atoms with E-state index < -0.39 is 0 Å². The van der Waals surface area contributed by atoms with Crippen LogP contribution in [0.1, 0.15) is 45.1 Å². The van der Waals surface area contributed by atoms with Crippen LogP contribution in [-0.4, -0.2) is 37.1 Å². The molecule has 136 valence electrons. The third-order valence-corrected chi connectivity index (χ3v) is 6.28. The predicted octanol–water partition coefficient (Wildman–Crippen LogP) is 4.61. The van der Waals surface area contributed by atoms with Crippen LogP contribution in [0.2, 0.25) is 0 Å². The zero-order valence-corrected chi connectivity index (χ0v) is 16.3. The molecule has 2 atom stereocenters. The Morgan fingerprint density at radius 3 is 2.40 bits per heavy atom. The normalized spacial score (nSPS) is 25.8. The van der Waals surface area contributed by atoms with E-state index in [0.717, 1.165) is 12.5 Å². The summed E-state index contributed by atoms with van der Waals surface area (Å²) in [6.07, 6.45) is 9.94. The van der Waals surface area contributed by atoms with Gasteiger partial charge in [-0.05, 0) is 76.3 Å². The van der Waals surface area contributed by atoms with E-state index in [1.165, 1.54) is 37.1 Å². The summed E-state index contributed by atoms with van der Waals surface area (Å²) in [5.74, 6) is 1.89. The molecule has 2 aliphatic rings. The number of nitrogens with one attached hydrogen (secondary N) is 1. The number of likely N-dealkylation sites (tertiary alicyclic amines) is 1. The van der Waals surface area contributed by atoms with Crippen molar-refractivity contribution in [2.75, 3.05) is 26.7 Å². The molecule has 1 N–H and O–H groups in total. The predicted molar refractivity (Wildman–Crippen MR) is 108 cm³/mol. The second kappa shape index (κ2) is 7.88. The molecule has 1 heterocycles. The summed E-state index contributed by atoms with van der Waals surface area (Å²) in [4.78, 5) is 2.69. The summed E-state index contributed by atoms with van der Waals surface area (Å²) in [7, 11) is 2.07. The van der Waals surface area contributed by atoms with Crippen molar-refractivity contribution in [3.05, 3.63) is 59.7 Å². The number of allylic oxidation sites excluding steroid dienone is 2. The highest BCUT2D eigenvalue weighted by molar-refractivity contribution is 5.39. The zero-order valence-electron chi connectivity index (χ0n) is 16.3. The molecule has 1 aromatic rings. The monoisotopic (exact) mass is 338 g/mol. The molecule has 2 heteroatoms. The van der Waals surface area contributed by atoms with Gasteiger partial charge in [0.25, 0.3) is 0 Å². The summed E-state index contributed by atoms with van der Waals surface area (Å²) in [6, 6.07) is 10.9. The Morgan fingerprint density at radius 1 is 1.12 bits per heavy atom.